The number of aromatic nitrogens is 1. The van der Waals surface area contributed by atoms with Gasteiger partial charge in [-0.1, -0.05) is 41.1 Å². The number of hydrogen-bond acceptors (Lipinski definition) is 7. The van der Waals surface area contributed by atoms with E-state index in [1.54, 1.807) is 49.4 Å². The molecule has 2 saturated heterocycles. The van der Waals surface area contributed by atoms with E-state index in [4.69, 9.17) is 14.9 Å². The number of fused-ring (bicyclic) bond motifs is 2. The molecule has 2 aliphatic rings. The average molecular weight is 448 g/mol. The van der Waals surface area contributed by atoms with Crippen molar-refractivity contribution in [2.45, 2.75) is 18.8 Å². The maximum Gasteiger partial charge on any atom is 0.244 e. The molecule has 4 unspecified atom stereocenters. The maximum absolute atomic E-state index is 10.2. The van der Waals surface area contributed by atoms with Crippen LogP contribution in [-0.4, -0.2) is 10.9 Å². The fourth-order valence-electron chi connectivity index (χ4n) is 4.35. The molecule has 2 bridgehead atoms. The summed E-state index contributed by atoms with van der Waals surface area (Å²) in [5.74, 6) is -2.75. The lowest BCUT2D eigenvalue weighted by atomic mass is 9.54. The quantitative estimate of drug-likeness (QED) is 0.741. The lowest BCUT2D eigenvalue weighted by Crippen LogP contribution is -2.57. The van der Waals surface area contributed by atoms with E-state index in [0.29, 0.717) is 11.3 Å². The molecule has 3 heterocycles. The Kier molecular flexibility index (Phi) is 4.20. The number of ether oxygens (including phenoxy) is 2. The van der Waals surface area contributed by atoms with Gasteiger partial charge >= 0.3 is 0 Å². The van der Waals surface area contributed by atoms with Crippen LogP contribution in [0.15, 0.2) is 53.1 Å². The minimum Gasteiger partial charge on any atom is -0.443 e. The van der Waals surface area contributed by atoms with Crippen LogP contribution in [0.5, 0.6) is 0 Å². The summed E-state index contributed by atoms with van der Waals surface area (Å²) in [5.41, 5.74) is -2.94. The third-order valence-electron chi connectivity index (χ3n) is 5.87. The van der Waals surface area contributed by atoms with E-state index in [0.717, 1.165) is 4.47 Å². The van der Waals surface area contributed by atoms with Gasteiger partial charge in [0.05, 0.1) is 29.8 Å². The van der Waals surface area contributed by atoms with Crippen LogP contribution < -0.4 is 0 Å². The zero-order valence-corrected chi connectivity index (χ0v) is 16.8. The second-order valence-corrected chi connectivity index (χ2v) is 7.95. The number of nitrogens with zero attached hydrogens (tertiary/aromatic N) is 4. The normalized spacial score (nSPS) is 31.8. The zero-order chi connectivity index (χ0) is 20.9. The van der Waals surface area contributed by atoms with Crippen LogP contribution in [0.4, 0.5) is 0 Å². The Morgan fingerprint density at radius 3 is 2.31 bits per heavy atom. The molecular formula is C21H14BrN5O2. The van der Waals surface area contributed by atoms with Gasteiger partial charge in [0.15, 0.2) is 5.41 Å². The smallest absolute Gasteiger partial charge is 0.244 e. The first kappa shape index (κ1) is 19.1. The van der Waals surface area contributed by atoms with Crippen LogP contribution in [0, 0.1) is 56.2 Å². The molecule has 0 radical (unpaired) electrons. The van der Waals surface area contributed by atoms with E-state index in [9.17, 15) is 15.8 Å². The summed E-state index contributed by atoms with van der Waals surface area (Å²) in [6, 6.07) is 18.3. The summed E-state index contributed by atoms with van der Waals surface area (Å²) < 4.78 is 13.1. The Balaban J connectivity index is 2.04. The van der Waals surface area contributed by atoms with Gasteiger partial charge in [0.1, 0.15) is 6.10 Å². The summed E-state index contributed by atoms with van der Waals surface area (Å²) >= 11 is 3.39. The molecule has 7 nitrogen and oxygen atoms in total. The second-order valence-electron chi connectivity index (χ2n) is 7.03. The third kappa shape index (κ3) is 2.17. The Morgan fingerprint density at radius 1 is 1.07 bits per heavy atom. The fourth-order valence-corrected chi connectivity index (χ4v) is 4.61. The van der Waals surface area contributed by atoms with Gasteiger partial charge in [0.2, 0.25) is 17.1 Å². The monoisotopic (exact) mass is 447 g/mol. The average Bonchev–Trinajstić information content (AvgIpc) is 2.91. The number of rotatable bonds is 2. The second kappa shape index (κ2) is 6.39. The molecule has 0 amide bonds. The summed E-state index contributed by atoms with van der Waals surface area (Å²) in [6.07, 6.45) is 0.330. The predicted octanol–water partition coefficient (Wildman–Crippen LogP) is 3.96. The van der Waals surface area contributed by atoms with Gasteiger partial charge in [-0.05, 0) is 24.3 Å². The molecule has 1 aromatic carbocycles. The van der Waals surface area contributed by atoms with Crippen molar-refractivity contribution in [3.63, 3.8) is 0 Å². The highest BCUT2D eigenvalue weighted by molar-refractivity contribution is 9.10. The lowest BCUT2D eigenvalue weighted by molar-refractivity contribution is -0.289. The minimum atomic E-state index is -2.01. The van der Waals surface area contributed by atoms with E-state index < -0.39 is 34.5 Å². The highest BCUT2D eigenvalue weighted by Crippen LogP contribution is 2.68. The van der Waals surface area contributed by atoms with Crippen molar-refractivity contribution in [2.24, 2.45) is 16.7 Å². The maximum atomic E-state index is 10.2. The molecule has 0 aliphatic carbocycles. The van der Waals surface area contributed by atoms with Crippen LogP contribution in [0.25, 0.3) is 0 Å². The molecular weight excluding hydrogens is 434 g/mol. The van der Waals surface area contributed by atoms with Gasteiger partial charge in [-0.25, -0.2) is 0 Å². The number of hydrogen-bond donors (Lipinski definition) is 1. The zero-order valence-electron chi connectivity index (χ0n) is 15.3. The molecule has 2 aromatic rings. The summed E-state index contributed by atoms with van der Waals surface area (Å²) in [6.45, 7) is 1.67. The van der Waals surface area contributed by atoms with E-state index in [-0.39, 0.29) is 0 Å². The van der Waals surface area contributed by atoms with Crippen LogP contribution in [-0.2, 0) is 15.3 Å². The first-order chi connectivity index (χ1) is 13.9. The van der Waals surface area contributed by atoms with Crippen LogP contribution in [0.3, 0.4) is 0 Å². The molecule has 4 atom stereocenters. The van der Waals surface area contributed by atoms with Gasteiger partial charge in [-0.3, -0.25) is 10.4 Å². The Hall–Kier alpha value is -3.25. The molecule has 1 N–H and O–H groups in total. The number of benzene rings is 1. The highest BCUT2D eigenvalue weighted by atomic mass is 79.9. The predicted molar refractivity (Wildman–Crippen MR) is 104 cm³/mol. The first-order valence-corrected chi connectivity index (χ1v) is 9.57. The molecule has 8 heteroatoms. The number of pyridine rings is 1. The van der Waals surface area contributed by atoms with Crippen molar-refractivity contribution < 1.29 is 9.47 Å². The van der Waals surface area contributed by atoms with Crippen molar-refractivity contribution in [3.05, 3.63) is 64.4 Å². The van der Waals surface area contributed by atoms with Crippen molar-refractivity contribution in [1.29, 1.82) is 21.2 Å². The molecule has 142 valence electrons. The standard InChI is InChI=1S/C21H14BrN5O2/c1-13-20(12-25)18(26)29-21(13,14-5-7-15(22)8-6-14)28-17(19(20,10-23)11-24)16-4-2-3-9-27-16/h2-9,13,17,26H,1H3. The van der Waals surface area contributed by atoms with Gasteiger partial charge in [0, 0.05) is 16.2 Å². The number of nitrogens with one attached hydrogen (secondary N) is 1. The Bertz CT molecular complexity index is 1100. The van der Waals surface area contributed by atoms with Crippen LogP contribution >= 0.6 is 15.9 Å². The van der Waals surface area contributed by atoms with Gasteiger partial charge < -0.3 is 9.47 Å². The Labute approximate surface area is 175 Å². The first-order valence-electron chi connectivity index (χ1n) is 8.78. The van der Waals surface area contributed by atoms with Crippen molar-refractivity contribution in [1.82, 2.24) is 4.98 Å². The van der Waals surface area contributed by atoms with Crippen LogP contribution in [0.1, 0.15) is 24.3 Å². The SMILES string of the molecule is CC1C2(c3ccc(Br)cc3)OC(=N)C1(C#N)C(C#N)(C#N)C(c1ccccn1)O2. The molecule has 1 aromatic heterocycles. The van der Waals surface area contributed by atoms with Crippen LogP contribution in [0.2, 0.25) is 0 Å². The van der Waals surface area contributed by atoms with E-state index >= 15 is 0 Å². The van der Waals surface area contributed by atoms with Gasteiger partial charge in [-0.15, -0.1) is 0 Å². The van der Waals surface area contributed by atoms with Gasteiger partial charge in [0.25, 0.3) is 0 Å². The fraction of sp³-hybridized carbons (Fsp3) is 0.286. The van der Waals surface area contributed by atoms with Gasteiger partial charge in [-0.2, -0.15) is 15.8 Å². The van der Waals surface area contributed by atoms with E-state index in [1.807, 2.05) is 12.1 Å². The Morgan fingerprint density at radius 2 is 1.76 bits per heavy atom. The summed E-state index contributed by atoms with van der Waals surface area (Å²) in [7, 11) is 0. The topological polar surface area (TPSA) is 127 Å². The molecule has 0 spiro atoms. The molecule has 2 aliphatic heterocycles. The molecule has 4 rings (SSSR count). The van der Waals surface area contributed by atoms with E-state index in [2.05, 4.69) is 27.0 Å². The van der Waals surface area contributed by atoms with Crippen molar-refractivity contribution in [3.8, 4) is 18.2 Å². The summed E-state index contributed by atoms with van der Waals surface area (Å²) in [5, 5.41) is 39.0. The number of nitriles is 3. The van der Waals surface area contributed by atoms with E-state index in [1.165, 1.54) is 6.20 Å². The molecule has 0 saturated carbocycles. The molecule has 2 fully saturated rings. The minimum absolute atomic E-state index is 0.321. The largest absolute Gasteiger partial charge is 0.443 e. The van der Waals surface area contributed by atoms with Crippen molar-refractivity contribution in [2.75, 3.05) is 0 Å². The van der Waals surface area contributed by atoms with Crippen molar-refractivity contribution >= 4 is 21.8 Å². The number of halogens is 1. The third-order valence-corrected chi connectivity index (χ3v) is 6.40. The lowest BCUT2D eigenvalue weighted by Gasteiger charge is -2.48. The summed E-state index contributed by atoms with van der Waals surface area (Å²) in [4.78, 5) is 4.27. The molecule has 29 heavy (non-hydrogen) atoms. The highest BCUT2D eigenvalue weighted by Gasteiger charge is 2.80.